The number of benzene rings is 1. The van der Waals surface area contributed by atoms with Crippen molar-refractivity contribution in [3.05, 3.63) is 89.4 Å². The molecule has 134 valence electrons. The Morgan fingerprint density at radius 2 is 2.08 bits per heavy atom. The standard InChI is InChI=1S/C20H19FN2O3/c1-14-11-15(7-8-18(14)21)19(20(24)25)23(13-17-6-4-10-26-17)12-16-5-2-3-9-22-16/h2-11,19H,12-13H2,1H3,(H,24,25). The van der Waals surface area contributed by atoms with Gasteiger partial charge in [-0.2, -0.15) is 0 Å². The zero-order chi connectivity index (χ0) is 18.5. The third kappa shape index (κ3) is 4.15. The molecule has 0 spiro atoms. The predicted molar refractivity (Wildman–Crippen MR) is 93.7 cm³/mol. The Morgan fingerprint density at radius 1 is 1.23 bits per heavy atom. The highest BCUT2D eigenvalue weighted by Gasteiger charge is 2.29. The highest BCUT2D eigenvalue weighted by atomic mass is 19.1. The van der Waals surface area contributed by atoms with E-state index in [1.54, 1.807) is 48.5 Å². The van der Waals surface area contributed by atoms with Crippen LogP contribution in [0.4, 0.5) is 4.39 Å². The van der Waals surface area contributed by atoms with E-state index in [4.69, 9.17) is 4.42 Å². The SMILES string of the molecule is Cc1cc(C(C(=O)O)N(Cc2ccccn2)Cc2ccco2)ccc1F. The van der Waals surface area contributed by atoms with E-state index in [2.05, 4.69) is 4.98 Å². The Kier molecular flexibility index (Phi) is 5.43. The second-order valence-corrected chi connectivity index (χ2v) is 6.05. The lowest BCUT2D eigenvalue weighted by atomic mass is 10.0. The molecule has 26 heavy (non-hydrogen) atoms. The van der Waals surface area contributed by atoms with Crippen molar-refractivity contribution < 1.29 is 18.7 Å². The first kappa shape index (κ1) is 17.8. The van der Waals surface area contributed by atoms with Gasteiger partial charge in [0.1, 0.15) is 17.6 Å². The van der Waals surface area contributed by atoms with Crippen LogP contribution in [-0.2, 0) is 17.9 Å². The summed E-state index contributed by atoms with van der Waals surface area (Å²) in [6.45, 7) is 2.22. The fourth-order valence-corrected chi connectivity index (χ4v) is 2.89. The molecule has 2 heterocycles. The molecule has 1 atom stereocenters. The van der Waals surface area contributed by atoms with Crippen LogP contribution in [0.5, 0.6) is 0 Å². The number of carbonyl (C=O) groups is 1. The van der Waals surface area contributed by atoms with Crippen molar-refractivity contribution >= 4 is 5.97 Å². The van der Waals surface area contributed by atoms with Crippen LogP contribution in [0, 0.1) is 12.7 Å². The van der Waals surface area contributed by atoms with Gasteiger partial charge in [0.2, 0.25) is 0 Å². The maximum Gasteiger partial charge on any atom is 0.325 e. The Labute approximate surface area is 150 Å². The third-order valence-electron chi connectivity index (χ3n) is 4.13. The molecule has 0 radical (unpaired) electrons. The first-order valence-corrected chi connectivity index (χ1v) is 8.20. The molecular formula is C20H19FN2O3. The number of aromatic nitrogens is 1. The van der Waals surface area contributed by atoms with Crippen LogP contribution in [-0.4, -0.2) is 21.0 Å². The zero-order valence-electron chi connectivity index (χ0n) is 14.3. The number of halogens is 1. The van der Waals surface area contributed by atoms with Crippen molar-refractivity contribution in [2.24, 2.45) is 0 Å². The molecule has 2 aromatic heterocycles. The summed E-state index contributed by atoms with van der Waals surface area (Å²) in [5.74, 6) is -0.732. The van der Waals surface area contributed by atoms with Crippen molar-refractivity contribution in [3.63, 3.8) is 0 Å². The van der Waals surface area contributed by atoms with Gasteiger partial charge >= 0.3 is 5.97 Å². The molecule has 0 saturated carbocycles. The average molecular weight is 354 g/mol. The molecule has 5 nitrogen and oxygen atoms in total. The van der Waals surface area contributed by atoms with Crippen LogP contribution < -0.4 is 0 Å². The number of nitrogens with zero attached hydrogens (tertiary/aromatic N) is 2. The van der Waals surface area contributed by atoms with Crippen molar-refractivity contribution in [3.8, 4) is 0 Å². The van der Waals surface area contributed by atoms with Gasteiger partial charge in [0.05, 0.1) is 18.5 Å². The predicted octanol–water partition coefficient (Wildman–Crippen LogP) is 3.95. The lowest BCUT2D eigenvalue weighted by Gasteiger charge is -2.28. The van der Waals surface area contributed by atoms with Crippen LogP contribution >= 0.6 is 0 Å². The minimum Gasteiger partial charge on any atom is -0.480 e. The summed E-state index contributed by atoms with van der Waals surface area (Å²) in [7, 11) is 0. The molecule has 0 bridgehead atoms. The van der Waals surface area contributed by atoms with Gasteiger partial charge in [-0.3, -0.25) is 14.7 Å². The summed E-state index contributed by atoms with van der Waals surface area (Å²) in [6.07, 6.45) is 3.21. The maximum absolute atomic E-state index is 13.6. The van der Waals surface area contributed by atoms with E-state index in [1.807, 2.05) is 12.1 Å². The topological polar surface area (TPSA) is 66.6 Å². The lowest BCUT2D eigenvalue weighted by molar-refractivity contribution is -0.144. The van der Waals surface area contributed by atoms with E-state index < -0.39 is 12.0 Å². The number of aliphatic carboxylic acids is 1. The quantitative estimate of drug-likeness (QED) is 0.696. The fraction of sp³-hybridized carbons (Fsp3) is 0.200. The highest BCUT2D eigenvalue weighted by molar-refractivity contribution is 5.75. The van der Waals surface area contributed by atoms with E-state index in [1.165, 1.54) is 12.1 Å². The van der Waals surface area contributed by atoms with Crippen molar-refractivity contribution in [2.75, 3.05) is 0 Å². The number of hydrogen-bond donors (Lipinski definition) is 1. The van der Waals surface area contributed by atoms with Crippen LogP contribution in [0.25, 0.3) is 0 Å². The van der Waals surface area contributed by atoms with E-state index in [0.717, 1.165) is 5.69 Å². The second kappa shape index (κ2) is 7.93. The maximum atomic E-state index is 13.6. The monoisotopic (exact) mass is 354 g/mol. The Hall–Kier alpha value is -2.99. The van der Waals surface area contributed by atoms with Gasteiger partial charge in [0.15, 0.2) is 0 Å². The first-order chi connectivity index (χ1) is 12.5. The first-order valence-electron chi connectivity index (χ1n) is 8.20. The third-order valence-corrected chi connectivity index (χ3v) is 4.13. The van der Waals surface area contributed by atoms with Crippen molar-refractivity contribution in [2.45, 2.75) is 26.1 Å². The largest absolute Gasteiger partial charge is 0.480 e. The van der Waals surface area contributed by atoms with Gasteiger partial charge in [0, 0.05) is 12.7 Å². The molecule has 6 heteroatoms. The number of furan rings is 1. The molecule has 0 aliphatic rings. The summed E-state index contributed by atoms with van der Waals surface area (Å²) in [5, 5.41) is 9.88. The zero-order valence-corrected chi connectivity index (χ0v) is 14.3. The van der Waals surface area contributed by atoms with E-state index in [-0.39, 0.29) is 12.4 Å². The minimum atomic E-state index is -1.02. The van der Waals surface area contributed by atoms with Gasteiger partial charge in [-0.25, -0.2) is 4.39 Å². The molecule has 0 aliphatic carbocycles. The number of aryl methyl sites for hydroxylation is 1. The molecule has 0 aliphatic heterocycles. The number of carboxylic acids is 1. The van der Waals surface area contributed by atoms with Gasteiger partial charge in [-0.05, 0) is 48.4 Å². The molecule has 3 aromatic rings. The van der Waals surface area contributed by atoms with Gasteiger partial charge in [-0.15, -0.1) is 0 Å². The molecule has 3 rings (SSSR count). The Balaban J connectivity index is 1.97. The molecule has 1 N–H and O–H groups in total. The highest BCUT2D eigenvalue weighted by Crippen LogP contribution is 2.27. The van der Waals surface area contributed by atoms with Crippen molar-refractivity contribution in [1.82, 2.24) is 9.88 Å². The lowest BCUT2D eigenvalue weighted by Crippen LogP contribution is -2.33. The number of carboxylic acid groups (broad SMARTS) is 1. The second-order valence-electron chi connectivity index (χ2n) is 6.05. The van der Waals surface area contributed by atoms with E-state index in [0.29, 0.717) is 23.4 Å². The number of rotatable bonds is 7. The van der Waals surface area contributed by atoms with Crippen LogP contribution in [0.3, 0.4) is 0 Å². The molecule has 0 amide bonds. The Morgan fingerprint density at radius 3 is 2.69 bits per heavy atom. The Bertz CT molecular complexity index is 866. The molecular weight excluding hydrogens is 335 g/mol. The summed E-state index contributed by atoms with van der Waals surface area (Å²) < 4.78 is 19.0. The van der Waals surface area contributed by atoms with Crippen molar-refractivity contribution in [1.29, 1.82) is 0 Å². The molecule has 0 fully saturated rings. The number of pyridine rings is 1. The molecule has 1 unspecified atom stereocenters. The van der Waals surface area contributed by atoms with Crippen LogP contribution in [0.1, 0.15) is 28.6 Å². The van der Waals surface area contributed by atoms with Crippen LogP contribution in [0.2, 0.25) is 0 Å². The van der Waals surface area contributed by atoms with Gasteiger partial charge < -0.3 is 9.52 Å². The van der Waals surface area contributed by atoms with Gasteiger partial charge in [0.25, 0.3) is 0 Å². The summed E-state index contributed by atoms with van der Waals surface area (Å²) in [4.78, 5) is 18.1. The fourth-order valence-electron chi connectivity index (χ4n) is 2.89. The average Bonchev–Trinajstić information content (AvgIpc) is 3.12. The van der Waals surface area contributed by atoms with Crippen LogP contribution in [0.15, 0.2) is 65.4 Å². The molecule has 1 aromatic carbocycles. The summed E-state index contributed by atoms with van der Waals surface area (Å²) >= 11 is 0. The normalized spacial score (nSPS) is 12.3. The van der Waals surface area contributed by atoms with Gasteiger partial charge in [-0.1, -0.05) is 18.2 Å². The smallest absolute Gasteiger partial charge is 0.325 e. The number of hydrogen-bond acceptors (Lipinski definition) is 4. The summed E-state index contributed by atoms with van der Waals surface area (Å²) in [5.41, 5.74) is 1.66. The molecule has 0 saturated heterocycles. The minimum absolute atomic E-state index is 0.289. The summed E-state index contributed by atoms with van der Waals surface area (Å²) in [6, 6.07) is 12.5. The van der Waals surface area contributed by atoms with E-state index in [9.17, 15) is 14.3 Å². The van der Waals surface area contributed by atoms with E-state index >= 15 is 0 Å².